The molecule has 0 bridgehead atoms. The van der Waals surface area contributed by atoms with E-state index < -0.39 is 6.10 Å². The number of rotatable bonds is 6. The summed E-state index contributed by atoms with van der Waals surface area (Å²) >= 11 is 1.62. The van der Waals surface area contributed by atoms with Crippen molar-refractivity contribution in [2.24, 2.45) is 5.73 Å². The lowest BCUT2D eigenvalue weighted by Crippen LogP contribution is -2.01. The molecule has 0 aliphatic rings. The third-order valence-electron chi connectivity index (χ3n) is 3.05. The molecule has 106 valence electrons. The molecule has 0 spiro atoms. The van der Waals surface area contributed by atoms with E-state index in [1.165, 1.54) is 0 Å². The number of methoxy groups -OCH3 is 1. The van der Waals surface area contributed by atoms with Crippen LogP contribution in [0.1, 0.15) is 17.2 Å². The first-order valence-corrected chi connectivity index (χ1v) is 7.45. The number of aliphatic hydroxyl groups is 1. The Balaban J connectivity index is 1.95. The van der Waals surface area contributed by atoms with Gasteiger partial charge in [0.05, 0.1) is 13.2 Å². The van der Waals surface area contributed by atoms with Gasteiger partial charge in [-0.3, -0.25) is 0 Å². The highest BCUT2D eigenvalue weighted by Gasteiger charge is 2.09. The van der Waals surface area contributed by atoms with Gasteiger partial charge in [-0.05, 0) is 35.4 Å². The summed E-state index contributed by atoms with van der Waals surface area (Å²) in [5, 5.41) is 10.2. The van der Waals surface area contributed by atoms with Gasteiger partial charge < -0.3 is 15.6 Å². The van der Waals surface area contributed by atoms with Crippen LogP contribution in [0.4, 0.5) is 0 Å². The number of nitrogens with two attached hydrogens (primary N) is 1. The quantitative estimate of drug-likeness (QED) is 0.803. The molecule has 3 N–H and O–H groups in total. The Hall–Kier alpha value is -1.49. The van der Waals surface area contributed by atoms with Crippen LogP contribution in [0.25, 0.3) is 0 Å². The Morgan fingerprint density at radius 3 is 2.60 bits per heavy atom. The standard InChI is InChI=1S/C16H19NO2S/c1-19-14-4-2-3-13(9-14)16(18)11-20-15-7-5-12(10-17)6-8-15/h2-9,16,18H,10-11,17H2,1H3. The highest BCUT2D eigenvalue weighted by Crippen LogP contribution is 2.26. The molecule has 2 aromatic rings. The lowest BCUT2D eigenvalue weighted by Gasteiger charge is -2.12. The third-order valence-corrected chi connectivity index (χ3v) is 4.13. The lowest BCUT2D eigenvalue weighted by molar-refractivity contribution is 0.203. The minimum Gasteiger partial charge on any atom is -0.497 e. The molecule has 20 heavy (non-hydrogen) atoms. The van der Waals surface area contributed by atoms with Crippen LogP contribution in [-0.4, -0.2) is 18.0 Å². The van der Waals surface area contributed by atoms with Crippen molar-refractivity contribution >= 4 is 11.8 Å². The maximum absolute atomic E-state index is 10.2. The molecule has 0 amide bonds. The second kappa shape index (κ2) is 7.33. The fourth-order valence-electron chi connectivity index (χ4n) is 1.84. The van der Waals surface area contributed by atoms with Crippen molar-refractivity contribution in [2.75, 3.05) is 12.9 Å². The molecule has 0 fully saturated rings. The number of benzene rings is 2. The van der Waals surface area contributed by atoms with Gasteiger partial charge in [-0.1, -0.05) is 24.3 Å². The number of hydrogen-bond acceptors (Lipinski definition) is 4. The largest absolute Gasteiger partial charge is 0.497 e. The van der Waals surface area contributed by atoms with Gasteiger partial charge in [-0.25, -0.2) is 0 Å². The second-order valence-electron chi connectivity index (χ2n) is 4.45. The van der Waals surface area contributed by atoms with Crippen LogP contribution in [0.3, 0.4) is 0 Å². The molecule has 0 aliphatic carbocycles. The maximum atomic E-state index is 10.2. The van der Waals surface area contributed by atoms with Crippen LogP contribution >= 0.6 is 11.8 Å². The van der Waals surface area contributed by atoms with Crippen molar-refractivity contribution in [1.82, 2.24) is 0 Å². The minimum absolute atomic E-state index is 0.510. The predicted molar refractivity (Wildman–Crippen MR) is 83.0 cm³/mol. The topological polar surface area (TPSA) is 55.5 Å². The van der Waals surface area contributed by atoms with Gasteiger partial charge in [-0.2, -0.15) is 0 Å². The normalized spacial score (nSPS) is 12.2. The number of hydrogen-bond donors (Lipinski definition) is 2. The van der Waals surface area contributed by atoms with Gasteiger partial charge in [0.15, 0.2) is 0 Å². The van der Waals surface area contributed by atoms with Crippen LogP contribution in [0, 0.1) is 0 Å². The second-order valence-corrected chi connectivity index (χ2v) is 5.54. The highest BCUT2D eigenvalue weighted by molar-refractivity contribution is 7.99. The maximum Gasteiger partial charge on any atom is 0.119 e. The number of aliphatic hydroxyl groups excluding tert-OH is 1. The minimum atomic E-state index is -0.510. The SMILES string of the molecule is COc1cccc(C(O)CSc2ccc(CN)cc2)c1. The van der Waals surface area contributed by atoms with Crippen molar-refractivity contribution < 1.29 is 9.84 Å². The summed E-state index contributed by atoms with van der Waals surface area (Å²) in [6.07, 6.45) is -0.510. The Morgan fingerprint density at radius 1 is 1.20 bits per heavy atom. The molecule has 1 atom stereocenters. The average Bonchev–Trinajstić information content (AvgIpc) is 2.53. The summed E-state index contributed by atoms with van der Waals surface area (Å²) < 4.78 is 5.16. The molecule has 2 aromatic carbocycles. The molecular weight excluding hydrogens is 270 g/mol. The lowest BCUT2D eigenvalue weighted by atomic mass is 10.1. The van der Waals surface area contributed by atoms with E-state index in [0.29, 0.717) is 12.3 Å². The van der Waals surface area contributed by atoms with Gasteiger partial charge in [-0.15, -0.1) is 11.8 Å². The molecule has 0 radical (unpaired) electrons. The van der Waals surface area contributed by atoms with E-state index in [4.69, 9.17) is 10.5 Å². The first kappa shape index (κ1) is 14.9. The Bertz CT molecular complexity index is 542. The summed E-state index contributed by atoms with van der Waals surface area (Å²) in [5.74, 6) is 1.37. The first-order chi connectivity index (χ1) is 9.72. The van der Waals surface area contributed by atoms with E-state index in [1.807, 2.05) is 48.5 Å². The third kappa shape index (κ3) is 4.00. The molecule has 0 saturated carbocycles. The smallest absolute Gasteiger partial charge is 0.119 e. The fourth-order valence-corrected chi connectivity index (χ4v) is 2.71. The highest BCUT2D eigenvalue weighted by atomic mass is 32.2. The Morgan fingerprint density at radius 2 is 1.95 bits per heavy atom. The molecule has 0 saturated heterocycles. The molecule has 1 unspecified atom stereocenters. The number of ether oxygens (including phenoxy) is 1. The summed E-state index contributed by atoms with van der Waals surface area (Å²) in [6, 6.07) is 15.6. The molecule has 0 aliphatic heterocycles. The van der Waals surface area contributed by atoms with Crippen molar-refractivity contribution in [3.63, 3.8) is 0 Å². The predicted octanol–water partition coefficient (Wildman–Crippen LogP) is 2.98. The molecule has 0 aromatic heterocycles. The van der Waals surface area contributed by atoms with Crippen LogP contribution in [0.2, 0.25) is 0 Å². The van der Waals surface area contributed by atoms with E-state index >= 15 is 0 Å². The molecule has 0 heterocycles. The summed E-state index contributed by atoms with van der Waals surface area (Å²) in [7, 11) is 1.62. The molecule has 4 heteroatoms. The van der Waals surface area contributed by atoms with E-state index in [0.717, 1.165) is 21.8 Å². The van der Waals surface area contributed by atoms with Crippen LogP contribution in [0.5, 0.6) is 5.75 Å². The van der Waals surface area contributed by atoms with E-state index in [2.05, 4.69) is 0 Å². The van der Waals surface area contributed by atoms with Crippen LogP contribution in [-0.2, 0) is 6.54 Å². The molecule has 3 nitrogen and oxygen atoms in total. The van der Waals surface area contributed by atoms with Gasteiger partial charge in [0, 0.05) is 17.2 Å². The van der Waals surface area contributed by atoms with Gasteiger partial charge in [0.25, 0.3) is 0 Å². The summed E-state index contributed by atoms with van der Waals surface area (Å²) in [4.78, 5) is 1.13. The Labute approximate surface area is 123 Å². The van der Waals surface area contributed by atoms with Gasteiger partial charge >= 0.3 is 0 Å². The Kier molecular flexibility index (Phi) is 5.47. The van der Waals surface area contributed by atoms with E-state index in [9.17, 15) is 5.11 Å². The zero-order chi connectivity index (χ0) is 14.4. The summed E-state index contributed by atoms with van der Waals surface area (Å²) in [5.41, 5.74) is 7.55. The number of thioether (sulfide) groups is 1. The monoisotopic (exact) mass is 289 g/mol. The van der Waals surface area contributed by atoms with E-state index in [1.54, 1.807) is 18.9 Å². The van der Waals surface area contributed by atoms with Crippen molar-refractivity contribution in [2.45, 2.75) is 17.5 Å². The van der Waals surface area contributed by atoms with Gasteiger partial charge in [0.2, 0.25) is 0 Å². The van der Waals surface area contributed by atoms with Crippen molar-refractivity contribution in [3.8, 4) is 5.75 Å². The molecular formula is C16H19NO2S. The van der Waals surface area contributed by atoms with E-state index in [-0.39, 0.29) is 0 Å². The first-order valence-electron chi connectivity index (χ1n) is 6.46. The zero-order valence-electron chi connectivity index (χ0n) is 11.5. The van der Waals surface area contributed by atoms with Crippen LogP contribution < -0.4 is 10.5 Å². The van der Waals surface area contributed by atoms with Crippen LogP contribution in [0.15, 0.2) is 53.4 Å². The van der Waals surface area contributed by atoms with Crippen molar-refractivity contribution in [1.29, 1.82) is 0 Å². The fraction of sp³-hybridized carbons (Fsp3) is 0.250. The summed E-state index contributed by atoms with van der Waals surface area (Å²) in [6.45, 7) is 0.553. The molecule has 2 rings (SSSR count). The van der Waals surface area contributed by atoms with Crippen molar-refractivity contribution in [3.05, 3.63) is 59.7 Å². The van der Waals surface area contributed by atoms with Gasteiger partial charge in [0.1, 0.15) is 5.75 Å². The average molecular weight is 289 g/mol. The zero-order valence-corrected chi connectivity index (χ0v) is 12.3.